The number of rotatable bonds is 4. The predicted molar refractivity (Wildman–Crippen MR) is 87.5 cm³/mol. The standard InChI is InChI=1S/C17H32N2O3/c1-16(2,3)11-14(20)18-13-7-9-19(10-8-13)15(21)12-22-17(4,5)6/h13H,7-12H2,1-6H3,(H,18,20). The molecule has 0 spiro atoms. The van der Waals surface area contributed by atoms with E-state index >= 15 is 0 Å². The van der Waals surface area contributed by atoms with Crippen molar-refractivity contribution in [3.63, 3.8) is 0 Å². The summed E-state index contributed by atoms with van der Waals surface area (Å²) >= 11 is 0. The number of carbonyl (C=O) groups is 2. The Balaban J connectivity index is 2.31. The van der Waals surface area contributed by atoms with E-state index in [0.29, 0.717) is 19.5 Å². The Morgan fingerprint density at radius 3 is 2.09 bits per heavy atom. The van der Waals surface area contributed by atoms with Crippen LogP contribution < -0.4 is 5.32 Å². The summed E-state index contributed by atoms with van der Waals surface area (Å²) in [5.41, 5.74) is -0.292. The average molecular weight is 312 g/mol. The van der Waals surface area contributed by atoms with Crippen LogP contribution in [0, 0.1) is 5.41 Å². The van der Waals surface area contributed by atoms with E-state index in [2.05, 4.69) is 26.1 Å². The van der Waals surface area contributed by atoms with E-state index in [1.54, 1.807) is 0 Å². The molecular formula is C17H32N2O3. The first-order valence-electron chi connectivity index (χ1n) is 8.17. The number of amides is 2. The van der Waals surface area contributed by atoms with E-state index in [-0.39, 0.29) is 35.5 Å². The van der Waals surface area contributed by atoms with Gasteiger partial charge in [0.25, 0.3) is 0 Å². The van der Waals surface area contributed by atoms with Crippen LogP contribution in [0.5, 0.6) is 0 Å². The molecule has 0 aromatic carbocycles. The van der Waals surface area contributed by atoms with Crippen LogP contribution in [-0.2, 0) is 14.3 Å². The first kappa shape index (κ1) is 18.9. The van der Waals surface area contributed by atoms with Crippen LogP contribution >= 0.6 is 0 Å². The highest BCUT2D eigenvalue weighted by molar-refractivity contribution is 5.78. The number of nitrogens with zero attached hydrogens (tertiary/aromatic N) is 1. The van der Waals surface area contributed by atoms with Gasteiger partial charge < -0.3 is 15.0 Å². The van der Waals surface area contributed by atoms with E-state index in [4.69, 9.17) is 4.74 Å². The van der Waals surface area contributed by atoms with E-state index in [0.717, 1.165) is 12.8 Å². The highest BCUT2D eigenvalue weighted by Crippen LogP contribution is 2.19. The van der Waals surface area contributed by atoms with Gasteiger partial charge in [-0.1, -0.05) is 20.8 Å². The lowest BCUT2D eigenvalue weighted by atomic mass is 9.91. The fourth-order valence-electron chi connectivity index (χ4n) is 2.40. The van der Waals surface area contributed by atoms with E-state index in [9.17, 15) is 9.59 Å². The van der Waals surface area contributed by atoms with Gasteiger partial charge in [0.05, 0.1) is 5.60 Å². The third-order valence-corrected chi connectivity index (χ3v) is 3.53. The van der Waals surface area contributed by atoms with Crippen molar-refractivity contribution in [3.8, 4) is 0 Å². The molecule has 1 aliphatic rings. The highest BCUT2D eigenvalue weighted by atomic mass is 16.5. The third kappa shape index (κ3) is 7.78. The molecule has 22 heavy (non-hydrogen) atoms. The molecule has 0 aromatic rings. The van der Waals surface area contributed by atoms with Gasteiger partial charge >= 0.3 is 0 Å². The van der Waals surface area contributed by atoms with Crippen LogP contribution in [0.3, 0.4) is 0 Å². The van der Waals surface area contributed by atoms with Gasteiger partial charge in [0.2, 0.25) is 11.8 Å². The van der Waals surface area contributed by atoms with E-state index < -0.39 is 0 Å². The largest absolute Gasteiger partial charge is 0.366 e. The monoisotopic (exact) mass is 312 g/mol. The summed E-state index contributed by atoms with van der Waals surface area (Å²) in [6.07, 6.45) is 2.17. The molecule has 0 aliphatic carbocycles. The maximum Gasteiger partial charge on any atom is 0.248 e. The van der Waals surface area contributed by atoms with E-state index in [1.807, 2.05) is 25.7 Å². The van der Waals surface area contributed by atoms with Crippen molar-refractivity contribution in [3.05, 3.63) is 0 Å². The van der Waals surface area contributed by atoms with Gasteiger partial charge in [-0.15, -0.1) is 0 Å². The quantitative estimate of drug-likeness (QED) is 0.867. The maximum absolute atomic E-state index is 12.1. The van der Waals surface area contributed by atoms with E-state index in [1.165, 1.54) is 0 Å². The molecule has 0 saturated carbocycles. The molecule has 0 atom stereocenters. The van der Waals surface area contributed by atoms with Crippen molar-refractivity contribution in [2.45, 2.75) is 72.4 Å². The lowest BCUT2D eigenvalue weighted by Crippen LogP contribution is -2.48. The van der Waals surface area contributed by atoms with Gasteiger partial charge in [-0.3, -0.25) is 9.59 Å². The summed E-state index contributed by atoms with van der Waals surface area (Å²) in [5, 5.41) is 3.08. The van der Waals surface area contributed by atoms with Crippen LogP contribution in [0.1, 0.15) is 60.8 Å². The van der Waals surface area contributed by atoms with Crippen molar-refractivity contribution < 1.29 is 14.3 Å². The summed E-state index contributed by atoms with van der Waals surface area (Å²) in [6, 6.07) is 0.183. The van der Waals surface area contributed by atoms with Gasteiger partial charge in [-0.05, 0) is 39.0 Å². The first-order valence-corrected chi connectivity index (χ1v) is 8.17. The van der Waals surface area contributed by atoms with Crippen LogP contribution in [0.15, 0.2) is 0 Å². The number of carbonyl (C=O) groups excluding carboxylic acids is 2. The number of hydrogen-bond acceptors (Lipinski definition) is 3. The molecule has 5 nitrogen and oxygen atoms in total. The average Bonchev–Trinajstić information content (AvgIpc) is 2.33. The Morgan fingerprint density at radius 1 is 1.09 bits per heavy atom. The van der Waals surface area contributed by atoms with Crippen LogP contribution in [0.25, 0.3) is 0 Å². The minimum absolute atomic E-state index is 0.00501. The Labute approximate surface area is 134 Å². The normalized spacial score (nSPS) is 17.5. The van der Waals surface area contributed by atoms with Gasteiger partial charge in [0.1, 0.15) is 6.61 Å². The van der Waals surface area contributed by atoms with Gasteiger partial charge in [0, 0.05) is 25.6 Å². The van der Waals surface area contributed by atoms with Crippen LogP contribution in [0.2, 0.25) is 0 Å². The minimum atomic E-state index is -0.297. The summed E-state index contributed by atoms with van der Waals surface area (Å²) in [5.74, 6) is 0.141. The minimum Gasteiger partial charge on any atom is -0.366 e. The summed E-state index contributed by atoms with van der Waals surface area (Å²) < 4.78 is 5.53. The fourth-order valence-corrected chi connectivity index (χ4v) is 2.40. The highest BCUT2D eigenvalue weighted by Gasteiger charge is 2.26. The lowest BCUT2D eigenvalue weighted by Gasteiger charge is -2.33. The Bertz CT molecular complexity index is 386. The van der Waals surface area contributed by atoms with Crippen molar-refractivity contribution in [2.24, 2.45) is 5.41 Å². The summed E-state index contributed by atoms with van der Waals surface area (Å²) in [4.78, 5) is 25.8. The molecule has 0 aromatic heterocycles. The third-order valence-electron chi connectivity index (χ3n) is 3.53. The van der Waals surface area contributed by atoms with Crippen molar-refractivity contribution in [2.75, 3.05) is 19.7 Å². The zero-order chi connectivity index (χ0) is 17.0. The van der Waals surface area contributed by atoms with Crippen molar-refractivity contribution >= 4 is 11.8 Å². The molecule has 0 bridgehead atoms. The topological polar surface area (TPSA) is 58.6 Å². The lowest BCUT2D eigenvalue weighted by molar-refractivity contribution is -0.142. The second kappa shape index (κ2) is 7.44. The molecule has 0 unspecified atom stereocenters. The number of piperidine rings is 1. The number of likely N-dealkylation sites (tertiary alicyclic amines) is 1. The predicted octanol–water partition coefficient (Wildman–Crippen LogP) is 2.34. The molecule has 128 valence electrons. The molecule has 5 heteroatoms. The second-order valence-corrected chi connectivity index (χ2v) is 8.36. The molecular weight excluding hydrogens is 280 g/mol. The Hall–Kier alpha value is -1.10. The zero-order valence-corrected chi connectivity index (χ0v) is 15.0. The van der Waals surface area contributed by atoms with Crippen molar-refractivity contribution in [1.29, 1.82) is 0 Å². The van der Waals surface area contributed by atoms with Gasteiger partial charge in [-0.2, -0.15) is 0 Å². The molecule has 1 aliphatic heterocycles. The SMILES string of the molecule is CC(C)(C)CC(=O)NC1CCN(C(=O)COC(C)(C)C)CC1. The number of nitrogens with one attached hydrogen (secondary N) is 1. The molecule has 1 fully saturated rings. The molecule has 1 heterocycles. The Morgan fingerprint density at radius 2 is 1.64 bits per heavy atom. The molecule has 2 amide bonds. The molecule has 1 rings (SSSR count). The number of hydrogen-bond donors (Lipinski definition) is 1. The van der Waals surface area contributed by atoms with Gasteiger partial charge in [-0.25, -0.2) is 0 Å². The summed E-state index contributed by atoms with van der Waals surface area (Å²) in [6.45, 7) is 13.5. The fraction of sp³-hybridized carbons (Fsp3) is 0.882. The molecule has 0 radical (unpaired) electrons. The molecule has 1 saturated heterocycles. The smallest absolute Gasteiger partial charge is 0.248 e. The van der Waals surface area contributed by atoms with Gasteiger partial charge in [0.15, 0.2) is 0 Å². The van der Waals surface area contributed by atoms with Crippen molar-refractivity contribution in [1.82, 2.24) is 10.2 Å². The maximum atomic E-state index is 12.1. The number of ether oxygens (including phenoxy) is 1. The summed E-state index contributed by atoms with van der Waals surface area (Å²) in [7, 11) is 0. The molecule has 1 N–H and O–H groups in total. The second-order valence-electron chi connectivity index (χ2n) is 8.36. The Kier molecular flexibility index (Phi) is 6.41. The van der Waals surface area contributed by atoms with Crippen LogP contribution in [0.4, 0.5) is 0 Å². The first-order chi connectivity index (χ1) is 9.96. The zero-order valence-electron chi connectivity index (χ0n) is 15.0. The van der Waals surface area contributed by atoms with Crippen LogP contribution in [-0.4, -0.2) is 48.1 Å².